The molecule has 4 unspecified atom stereocenters. The van der Waals surface area contributed by atoms with Crippen molar-refractivity contribution in [3.63, 3.8) is 0 Å². The largest absolute Gasteiger partial charge is 0.393 e. The van der Waals surface area contributed by atoms with Crippen molar-refractivity contribution in [3.8, 4) is 0 Å². The van der Waals surface area contributed by atoms with Gasteiger partial charge < -0.3 is 14.7 Å². The summed E-state index contributed by atoms with van der Waals surface area (Å²) in [6.07, 6.45) is 6.08. The number of likely N-dealkylation sites (tertiary alicyclic amines) is 1. The van der Waals surface area contributed by atoms with Gasteiger partial charge in [-0.25, -0.2) is 0 Å². The van der Waals surface area contributed by atoms with Crippen LogP contribution in [0.1, 0.15) is 59.8 Å². The van der Waals surface area contributed by atoms with Crippen LogP contribution in [0.3, 0.4) is 0 Å². The molecule has 1 saturated heterocycles. The molecule has 0 amide bonds. The quantitative estimate of drug-likeness (QED) is 0.864. The lowest BCUT2D eigenvalue weighted by atomic mass is 9.68. The highest BCUT2D eigenvalue weighted by Crippen LogP contribution is 2.40. The Morgan fingerprint density at radius 2 is 1.95 bits per heavy atom. The molecule has 1 saturated carbocycles. The van der Waals surface area contributed by atoms with Crippen LogP contribution in [0.15, 0.2) is 0 Å². The molecule has 0 aromatic heterocycles. The molecule has 1 heterocycles. The van der Waals surface area contributed by atoms with Crippen molar-refractivity contribution in [2.24, 2.45) is 17.3 Å². The Balaban J connectivity index is 1.88. The molecule has 21 heavy (non-hydrogen) atoms. The van der Waals surface area contributed by atoms with E-state index in [-0.39, 0.29) is 6.10 Å². The third-order valence-electron chi connectivity index (χ3n) is 5.52. The molecule has 1 aliphatic carbocycles. The molecule has 3 heteroatoms. The van der Waals surface area contributed by atoms with Crippen LogP contribution in [-0.2, 0) is 4.74 Å². The van der Waals surface area contributed by atoms with E-state index in [1.807, 2.05) is 0 Å². The zero-order valence-corrected chi connectivity index (χ0v) is 14.5. The minimum Gasteiger partial charge on any atom is -0.393 e. The molecule has 0 aromatic carbocycles. The second-order valence-corrected chi connectivity index (χ2v) is 8.18. The molecule has 0 radical (unpaired) electrons. The molecule has 0 bridgehead atoms. The summed E-state index contributed by atoms with van der Waals surface area (Å²) in [5, 5.41) is 10.4. The van der Waals surface area contributed by atoms with E-state index in [0.717, 1.165) is 32.0 Å². The zero-order chi connectivity index (χ0) is 15.5. The van der Waals surface area contributed by atoms with E-state index < -0.39 is 0 Å². The Kier molecular flexibility index (Phi) is 6.10. The second kappa shape index (κ2) is 7.43. The van der Waals surface area contributed by atoms with Gasteiger partial charge in [0.05, 0.1) is 12.2 Å². The van der Waals surface area contributed by atoms with E-state index in [0.29, 0.717) is 17.4 Å². The molecule has 124 valence electrons. The summed E-state index contributed by atoms with van der Waals surface area (Å²) in [6, 6.07) is 0. The maximum Gasteiger partial charge on any atom is 0.0702 e. The van der Waals surface area contributed by atoms with Crippen molar-refractivity contribution >= 4 is 0 Å². The third kappa shape index (κ3) is 4.94. The predicted octanol–water partition coefficient (Wildman–Crippen LogP) is 3.31. The van der Waals surface area contributed by atoms with Crippen molar-refractivity contribution in [1.82, 2.24) is 4.90 Å². The minimum absolute atomic E-state index is 0.101. The van der Waals surface area contributed by atoms with Gasteiger partial charge in [-0.05, 0) is 62.8 Å². The first-order chi connectivity index (χ1) is 9.90. The molecule has 3 nitrogen and oxygen atoms in total. The van der Waals surface area contributed by atoms with Crippen LogP contribution in [0.25, 0.3) is 0 Å². The fourth-order valence-corrected chi connectivity index (χ4v) is 4.11. The van der Waals surface area contributed by atoms with E-state index in [2.05, 4.69) is 32.6 Å². The number of rotatable bonds is 4. The summed E-state index contributed by atoms with van der Waals surface area (Å²) in [5.74, 6) is 1.20. The van der Waals surface area contributed by atoms with Crippen LogP contribution in [0.4, 0.5) is 0 Å². The van der Waals surface area contributed by atoms with Gasteiger partial charge in [0.2, 0.25) is 0 Å². The molecular weight excluding hydrogens is 262 g/mol. The predicted molar refractivity (Wildman–Crippen MR) is 87.4 cm³/mol. The Labute approximate surface area is 131 Å². The number of aliphatic hydroxyl groups excluding tert-OH is 1. The lowest BCUT2D eigenvalue weighted by Crippen LogP contribution is -2.46. The normalized spacial score (nSPS) is 35.9. The summed E-state index contributed by atoms with van der Waals surface area (Å²) in [6.45, 7) is 13.2. The Hall–Kier alpha value is -0.120. The van der Waals surface area contributed by atoms with E-state index in [4.69, 9.17) is 4.74 Å². The van der Waals surface area contributed by atoms with Crippen molar-refractivity contribution < 1.29 is 9.84 Å². The number of piperidine rings is 1. The van der Waals surface area contributed by atoms with E-state index in [1.165, 1.54) is 32.2 Å². The van der Waals surface area contributed by atoms with Crippen molar-refractivity contribution in [1.29, 1.82) is 0 Å². The average Bonchev–Trinajstić information content (AvgIpc) is 2.41. The lowest BCUT2D eigenvalue weighted by Gasteiger charge is -2.43. The van der Waals surface area contributed by atoms with Crippen LogP contribution >= 0.6 is 0 Å². The smallest absolute Gasteiger partial charge is 0.0702 e. The van der Waals surface area contributed by atoms with Crippen LogP contribution in [0.2, 0.25) is 0 Å². The van der Waals surface area contributed by atoms with E-state index in [1.54, 1.807) is 0 Å². The number of nitrogens with zero attached hydrogens (tertiary/aromatic N) is 1. The Morgan fingerprint density at radius 1 is 1.19 bits per heavy atom. The molecule has 1 aliphatic heterocycles. The van der Waals surface area contributed by atoms with Crippen LogP contribution in [-0.4, -0.2) is 48.5 Å². The standard InChI is InChI=1S/C18H35NO2/c1-5-21-16-7-6-10-19(13-16)12-14-11-15(18(2,3)4)8-9-17(14)20/h14-17,20H,5-13H2,1-4H3. The van der Waals surface area contributed by atoms with Crippen molar-refractivity contribution in [2.45, 2.75) is 72.0 Å². The SMILES string of the molecule is CCOC1CCCN(CC2CC(C(C)(C)C)CCC2O)C1. The highest BCUT2D eigenvalue weighted by molar-refractivity contribution is 4.88. The molecule has 0 spiro atoms. The molecule has 2 aliphatic rings. The van der Waals surface area contributed by atoms with Crippen molar-refractivity contribution in [3.05, 3.63) is 0 Å². The summed E-state index contributed by atoms with van der Waals surface area (Å²) in [4.78, 5) is 2.53. The van der Waals surface area contributed by atoms with Gasteiger partial charge in [0.15, 0.2) is 0 Å². The molecule has 0 aromatic rings. The molecule has 2 fully saturated rings. The molecular formula is C18H35NO2. The van der Waals surface area contributed by atoms with Crippen LogP contribution in [0.5, 0.6) is 0 Å². The fraction of sp³-hybridized carbons (Fsp3) is 1.00. The first kappa shape index (κ1) is 17.2. The van der Waals surface area contributed by atoms with Crippen LogP contribution < -0.4 is 0 Å². The number of hydrogen-bond acceptors (Lipinski definition) is 3. The molecule has 1 N–H and O–H groups in total. The summed E-state index contributed by atoms with van der Waals surface area (Å²) < 4.78 is 5.80. The van der Waals surface area contributed by atoms with Gasteiger partial charge in [-0.15, -0.1) is 0 Å². The number of ether oxygens (including phenoxy) is 1. The number of hydrogen-bond donors (Lipinski definition) is 1. The first-order valence-corrected chi connectivity index (χ1v) is 8.92. The number of aliphatic hydroxyl groups is 1. The van der Waals surface area contributed by atoms with Gasteiger partial charge in [-0.3, -0.25) is 0 Å². The summed E-state index contributed by atoms with van der Waals surface area (Å²) >= 11 is 0. The molecule has 4 atom stereocenters. The Morgan fingerprint density at radius 3 is 2.62 bits per heavy atom. The van der Waals surface area contributed by atoms with Gasteiger partial charge in [-0.2, -0.15) is 0 Å². The highest BCUT2D eigenvalue weighted by atomic mass is 16.5. The van der Waals surface area contributed by atoms with Crippen LogP contribution in [0, 0.1) is 17.3 Å². The monoisotopic (exact) mass is 297 g/mol. The maximum atomic E-state index is 10.4. The van der Waals surface area contributed by atoms with Gasteiger partial charge in [0, 0.05) is 19.7 Å². The summed E-state index contributed by atoms with van der Waals surface area (Å²) in [5.41, 5.74) is 0.369. The van der Waals surface area contributed by atoms with E-state index in [9.17, 15) is 5.11 Å². The molecule has 2 rings (SSSR count). The fourth-order valence-electron chi connectivity index (χ4n) is 4.11. The highest BCUT2D eigenvalue weighted by Gasteiger charge is 2.36. The zero-order valence-electron chi connectivity index (χ0n) is 14.5. The van der Waals surface area contributed by atoms with Gasteiger partial charge in [0.25, 0.3) is 0 Å². The minimum atomic E-state index is -0.101. The van der Waals surface area contributed by atoms with Gasteiger partial charge >= 0.3 is 0 Å². The Bertz CT molecular complexity index is 311. The maximum absolute atomic E-state index is 10.4. The topological polar surface area (TPSA) is 32.7 Å². The van der Waals surface area contributed by atoms with E-state index >= 15 is 0 Å². The van der Waals surface area contributed by atoms with Gasteiger partial charge in [-0.1, -0.05) is 20.8 Å². The van der Waals surface area contributed by atoms with Crippen molar-refractivity contribution in [2.75, 3.05) is 26.2 Å². The van der Waals surface area contributed by atoms with Gasteiger partial charge in [0.1, 0.15) is 0 Å². The average molecular weight is 297 g/mol. The lowest BCUT2D eigenvalue weighted by molar-refractivity contribution is -0.0276. The summed E-state index contributed by atoms with van der Waals surface area (Å²) in [7, 11) is 0. The third-order valence-corrected chi connectivity index (χ3v) is 5.52. The second-order valence-electron chi connectivity index (χ2n) is 8.18. The first-order valence-electron chi connectivity index (χ1n) is 8.92.